The summed E-state index contributed by atoms with van der Waals surface area (Å²) >= 11 is 1.38. The summed E-state index contributed by atoms with van der Waals surface area (Å²) in [7, 11) is 1.63. The van der Waals surface area contributed by atoms with Crippen molar-refractivity contribution in [2.75, 3.05) is 7.11 Å². The van der Waals surface area contributed by atoms with Crippen molar-refractivity contribution in [2.24, 2.45) is 5.10 Å². The van der Waals surface area contributed by atoms with Crippen molar-refractivity contribution < 1.29 is 9.53 Å². The normalized spacial score (nSPS) is 11.1. The summed E-state index contributed by atoms with van der Waals surface area (Å²) < 4.78 is 5.23. The second-order valence-electron chi connectivity index (χ2n) is 3.80. The van der Waals surface area contributed by atoms with Gasteiger partial charge >= 0.3 is 0 Å². The first-order valence-corrected chi connectivity index (χ1v) is 6.86. The number of amides is 1. The molecule has 0 atom stereocenters. The maximum atomic E-state index is 11.6. The van der Waals surface area contributed by atoms with Gasteiger partial charge in [0.05, 0.1) is 12.0 Å². The van der Waals surface area contributed by atoms with E-state index in [1.807, 2.05) is 41.8 Å². The molecule has 0 unspecified atom stereocenters. The number of benzene rings is 1. The number of hydrazone groups is 1. The first-order valence-electron chi connectivity index (χ1n) is 5.98. The third-order valence-corrected chi connectivity index (χ3v) is 3.36. The van der Waals surface area contributed by atoms with Crippen LogP contribution >= 0.6 is 11.3 Å². The molecule has 0 radical (unpaired) electrons. The average Bonchev–Trinajstić information content (AvgIpc) is 3.01. The van der Waals surface area contributed by atoms with E-state index in [2.05, 4.69) is 10.5 Å². The van der Waals surface area contributed by atoms with Crippen LogP contribution in [0, 0.1) is 0 Å². The van der Waals surface area contributed by atoms with Crippen LogP contribution in [0.1, 0.15) is 15.2 Å². The quantitative estimate of drug-likeness (QED) is 0.678. The van der Waals surface area contributed by atoms with Gasteiger partial charge in [-0.25, -0.2) is 5.43 Å². The number of hydrogen-bond acceptors (Lipinski definition) is 4. The van der Waals surface area contributed by atoms with Crippen molar-refractivity contribution in [3.63, 3.8) is 0 Å². The van der Waals surface area contributed by atoms with E-state index in [-0.39, 0.29) is 5.91 Å². The molecule has 0 aliphatic carbocycles. The van der Waals surface area contributed by atoms with E-state index in [1.165, 1.54) is 17.6 Å². The molecule has 0 saturated carbocycles. The van der Waals surface area contributed by atoms with Gasteiger partial charge in [-0.1, -0.05) is 24.3 Å². The van der Waals surface area contributed by atoms with Crippen molar-refractivity contribution in [3.05, 3.63) is 58.3 Å². The maximum absolute atomic E-state index is 11.6. The van der Waals surface area contributed by atoms with Crippen LogP contribution in [0.25, 0.3) is 6.08 Å². The lowest BCUT2D eigenvalue weighted by molar-refractivity contribution is 0.0959. The maximum Gasteiger partial charge on any atom is 0.281 e. The summed E-state index contributed by atoms with van der Waals surface area (Å²) in [4.78, 5) is 12.2. The molecule has 0 bridgehead atoms. The number of ether oxygens (including phenoxy) is 1. The van der Waals surface area contributed by atoms with Crippen LogP contribution in [0.15, 0.2) is 53.0 Å². The van der Waals surface area contributed by atoms with E-state index < -0.39 is 0 Å². The third-order valence-electron chi connectivity index (χ3n) is 2.49. The molecule has 5 heteroatoms. The van der Waals surface area contributed by atoms with Gasteiger partial charge < -0.3 is 4.74 Å². The van der Waals surface area contributed by atoms with Gasteiger partial charge in [0.15, 0.2) is 0 Å². The molecule has 102 valence electrons. The summed E-state index contributed by atoms with van der Waals surface area (Å²) in [6.07, 6.45) is 5.13. The standard InChI is InChI=1S/C15H14N2O2S/c1-19-13-8-3-2-6-12(13)7-4-10-16-17-15(18)14-9-5-11-20-14/h2-11H,1H3,(H,17,18)/b7-4+,16-10-. The molecular weight excluding hydrogens is 272 g/mol. The Hall–Kier alpha value is -2.40. The highest BCUT2D eigenvalue weighted by Crippen LogP contribution is 2.18. The molecule has 1 aromatic carbocycles. The van der Waals surface area contributed by atoms with Crippen molar-refractivity contribution >= 4 is 29.5 Å². The highest BCUT2D eigenvalue weighted by Gasteiger charge is 2.03. The lowest BCUT2D eigenvalue weighted by atomic mass is 10.2. The Morgan fingerprint density at radius 1 is 1.30 bits per heavy atom. The predicted octanol–water partition coefficient (Wildman–Crippen LogP) is 3.19. The van der Waals surface area contributed by atoms with E-state index in [0.29, 0.717) is 4.88 Å². The lowest BCUT2D eigenvalue weighted by Gasteiger charge is -2.02. The second-order valence-corrected chi connectivity index (χ2v) is 4.75. The monoisotopic (exact) mass is 286 g/mol. The minimum Gasteiger partial charge on any atom is -0.496 e. The summed E-state index contributed by atoms with van der Waals surface area (Å²) in [6, 6.07) is 11.2. The molecule has 1 heterocycles. The first kappa shape index (κ1) is 14.0. The van der Waals surface area contributed by atoms with Crippen LogP contribution in [-0.4, -0.2) is 19.2 Å². The molecule has 2 rings (SSSR count). The Morgan fingerprint density at radius 2 is 2.15 bits per heavy atom. The predicted molar refractivity (Wildman–Crippen MR) is 82.3 cm³/mol. The molecule has 1 amide bonds. The van der Waals surface area contributed by atoms with Crippen LogP contribution < -0.4 is 10.2 Å². The Morgan fingerprint density at radius 3 is 2.90 bits per heavy atom. The molecule has 1 aromatic heterocycles. The largest absolute Gasteiger partial charge is 0.496 e. The van der Waals surface area contributed by atoms with Gasteiger partial charge in [0.25, 0.3) is 5.91 Å². The van der Waals surface area contributed by atoms with Crippen molar-refractivity contribution in [2.45, 2.75) is 0 Å². The fourth-order valence-corrected chi connectivity index (χ4v) is 2.17. The molecule has 4 nitrogen and oxygen atoms in total. The van der Waals surface area contributed by atoms with Gasteiger partial charge in [0.2, 0.25) is 0 Å². The highest BCUT2D eigenvalue weighted by molar-refractivity contribution is 7.12. The molecule has 2 aromatic rings. The molecule has 1 N–H and O–H groups in total. The second kappa shape index (κ2) is 7.25. The fourth-order valence-electron chi connectivity index (χ4n) is 1.55. The number of methoxy groups -OCH3 is 1. The highest BCUT2D eigenvalue weighted by atomic mass is 32.1. The summed E-state index contributed by atoms with van der Waals surface area (Å²) in [6.45, 7) is 0. The molecule has 20 heavy (non-hydrogen) atoms. The van der Waals surface area contributed by atoms with Crippen molar-refractivity contribution in [1.29, 1.82) is 0 Å². The lowest BCUT2D eigenvalue weighted by Crippen LogP contribution is -2.15. The van der Waals surface area contributed by atoms with Gasteiger partial charge in [-0.3, -0.25) is 4.79 Å². The summed E-state index contributed by atoms with van der Waals surface area (Å²) in [5.41, 5.74) is 3.41. The number of hydrogen-bond donors (Lipinski definition) is 1. The number of para-hydroxylation sites is 1. The van der Waals surface area contributed by atoms with Crippen LogP contribution in [0.2, 0.25) is 0 Å². The zero-order chi connectivity index (χ0) is 14.2. The van der Waals surface area contributed by atoms with Gasteiger partial charge in [-0.15, -0.1) is 11.3 Å². The number of carbonyl (C=O) groups is 1. The smallest absolute Gasteiger partial charge is 0.281 e. The topological polar surface area (TPSA) is 50.7 Å². The Bertz CT molecular complexity index is 619. The molecular formula is C15H14N2O2S. The number of rotatable bonds is 5. The number of thiophene rings is 1. The molecule has 0 aliphatic rings. The van der Waals surface area contributed by atoms with Gasteiger partial charge in [-0.2, -0.15) is 5.10 Å². The van der Waals surface area contributed by atoms with Crippen LogP contribution in [-0.2, 0) is 0 Å². The number of allylic oxidation sites excluding steroid dienone is 1. The minimum absolute atomic E-state index is 0.207. The van der Waals surface area contributed by atoms with Gasteiger partial charge in [-0.05, 0) is 29.7 Å². The Balaban J connectivity index is 1.90. The molecule has 0 aliphatic heterocycles. The number of nitrogens with one attached hydrogen (secondary N) is 1. The third kappa shape index (κ3) is 3.80. The Labute approximate surface area is 121 Å². The van der Waals surface area contributed by atoms with E-state index >= 15 is 0 Å². The number of carbonyl (C=O) groups excluding carboxylic acids is 1. The zero-order valence-electron chi connectivity index (χ0n) is 10.9. The minimum atomic E-state index is -0.207. The first-order chi connectivity index (χ1) is 9.81. The fraction of sp³-hybridized carbons (Fsp3) is 0.0667. The van der Waals surface area contributed by atoms with E-state index in [9.17, 15) is 4.79 Å². The zero-order valence-corrected chi connectivity index (χ0v) is 11.8. The number of nitrogens with zero attached hydrogens (tertiary/aromatic N) is 1. The SMILES string of the molecule is COc1ccccc1/C=C/C=N\NC(=O)c1cccs1. The van der Waals surface area contributed by atoms with Gasteiger partial charge in [0.1, 0.15) is 5.75 Å². The van der Waals surface area contributed by atoms with Gasteiger partial charge in [0, 0.05) is 11.8 Å². The molecule has 0 saturated heterocycles. The molecule has 0 spiro atoms. The average molecular weight is 286 g/mol. The summed E-state index contributed by atoms with van der Waals surface area (Å²) in [5.74, 6) is 0.585. The molecule has 0 fully saturated rings. The summed E-state index contributed by atoms with van der Waals surface area (Å²) in [5, 5.41) is 5.70. The van der Waals surface area contributed by atoms with Crippen molar-refractivity contribution in [3.8, 4) is 5.75 Å². The van der Waals surface area contributed by atoms with Crippen LogP contribution in [0.5, 0.6) is 5.75 Å². The van der Waals surface area contributed by atoms with Crippen molar-refractivity contribution in [1.82, 2.24) is 5.43 Å². The van der Waals surface area contributed by atoms with Crippen LogP contribution in [0.4, 0.5) is 0 Å². The van der Waals surface area contributed by atoms with E-state index in [0.717, 1.165) is 11.3 Å². The van der Waals surface area contributed by atoms with E-state index in [1.54, 1.807) is 19.3 Å². The van der Waals surface area contributed by atoms with E-state index in [4.69, 9.17) is 4.74 Å². The Kier molecular flexibility index (Phi) is 5.08. The van der Waals surface area contributed by atoms with Crippen LogP contribution in [0.3, 0.4) is 0 Å².